The van der Waals surface area contributed by atoms with Crippen molar-refractivity contribution >= 4 is 5.91 Å². The summed E-state index contributed by atoms with van der Waals surface area (Å²) in [7, 11) is 0. The maximum absolute atomic E-state index is 12.5. The van der Waals surface area contributed by atoms with Crippen molar-refractivity contribution in [1.29, 1.82) is 0 Å². The van der Waals surface area contributed by atoms with Gasteiger partial charge < -0.3 is 9.64 Å². The fraction of sp³-hybridized carbons (Fsp3) is 0.941. The summed E-state index contributed by atoms with van der Waals surface area (Å²) in [6.07, 6.45) is 6.46. The molecule has 124 valence electrons. The molecular weight excluding hydrogens is 264 g/mol. The van der Waals surface area contributed by atoms with Crippen molar-refractivity contribution < 1.29 is 9.53 Å². The number of carbonyl (C=O) groups is 1. The first-order valence-corrected chi connectivity index (χ1v) is 8.74. The predicted octanol–water partition coefficient (Wildman–Crippen LogP) is 3.17. The molecule has 0 radical (unpaired) electrons. The van der Waals surface area contributed by atoms with Gasteiger partial charge in [0.15, 0.2) is 0 Å². The van der Waals surface area contributed by atoms with Gasteiger partial charge in [-0.1, -0.05) is 40.5 Å². The van der Waals surface area contributed by atoms with E-state index in [1.807, 2.05) is 0 Å². The maximum atomic E-state index is 12.5. The van der Waals surface area contributed by atoms with Crippen LogP contribution < -0.4 is 5.32 Å². The van der Waals surface area contributed by atoms with E-state index in [1.54, 1.807) is 0 Å². The Kier molecular flexibility index (Phi) is 8.93. The molecule has 0 aromatic rings. The van der Waals surface area contributed by atoms with Crippen molar-refractivity contribution in [3.8, 4) is 0 Å². The Labute approximate surface area is 130 Å². The number of nitrogens with one attached hydrogen (secondary N) is 1. The van der Waals surface area contributed by atoms with E-state index in [4.69, 9.17) is 4.74 Å². The van der Waals surface area contributed by atoms with Gasteiger partial charge >= 0.3 is 0 Å². The minimum Gasteiger partial charge on any atom is -0.381 e. The van der Waals surface area contributed by atoms with Crippen molar-refractivity contribution in [1.82, 2.24) is 10.2 Å². The molecule has 1 heterocycles. The van der Waals surface area contributed by atoms with Crippen LogP contribution in [0.1, 0.15) is 66.2 Å². The number of hydrogen-bond acceptors (Lipinski definition) is 3. The standard InChI is InChI=1S/C17H34N2O2/c1-5-7-9-15-17(20)19(10-8-12-21-11-6-2)16(18-15)13-14(3)4/h14-16,18H,5-13H2,1-4H3. The highest BCUT2D eigenvalue weighted by Crippen LogP contribution is 2.20. The molecule has 1 aliphatic rings. The molecule has 21 heavy (non-hydrogen) atoms. The number of nitrogens with zero attached hydrogens (tertiary/aromatic N) is 1. The van der Waals surface area contributed by atoms with Crippen molar-refractivity contribution in [2.75, 3.05) is 19.8 Å². The van der Waals surface area contributed by atoms with Crippen LogP contribution in [0.2, 0.25) is 0 Å². The molecule has 1 saturated heterocycles. The van der Waals surface area contributed by atoms with Gasteiger partial charge in [-0.25, -0.2) is 0 Å². The number of amides is 1. The summed E-state index contributed by atoms with van der Waals surface area (Å²) in [5.74, 6) is 0.892. The van der Waals surface area contributed by atoms with Crippen molar-refractivity contribution in [3.05, 3.63) is 0 Å². The Morgan fingerprint density at radius 1 is 1.19 bits per heavy atom. The summed E-state index contributed by atoms with van der Waals surface area (Å²) in [5.41, 5.74) is 0. The largest absolute Gasteiger partial charge is 0.381 e. The van der Waals surface area contributed by atoms with Gasteiger partial charge in [0.05, 0.1) is 12.2 Å². The molecule has 0 saturated carbocycles. The number of hydrogen-bond donors (Lipinski definition) is 1. The monoisotopic (exact) mass is 298 g/mol. The van der Waals surface area contributed by atoms with Gasteiger partial charge in [-0.15, -0.1) is 0 Å². The van der Waals surface area contributed by atoms with E-state index in [-0.39, 0.29) is 12.2 Å². The van der Waals surface area contributed by atoms with Gasteiger partial charge in [-0.3, -0.25) is 10.1 Å². The second-order valence-electron chi connectivity index (χ2n) is 6.50. The minimum absolute atomic E-state index is 0.0326. The summed E-state index contributed by atoms with van der Waals surface area (Å²) in [5, 5.41) is 3.54. The maximum Gasteiger partial charge on any atom is 0.241 e. The number of carbonyl (C=O) groups excluding carboxylic acids is 1. The van der Waals surface area contributed by atoms with E-state index < -0.39 is 0 Å². The van der Waals surface area contributed by atoms with Gasteiger partial charge in [0.1, 0.15) is 0 Å². The zero-order valence-electron chi connectivity index (χ0n) is 14.4. The number of rotatable bonds is 11. The molecule has 0 aromatic heterocycles. The molecule has 0 aliphatic carbocycles. The highest BCUT2D eigenvalue weighted by molar-refractivity contribution is 5.84. The Bertz CT molecular complexity index is 295. The predicted molar refractivity (Wildman–Crippen MR) is 87.1 cm³/mol. The normalized spacial score (nSPS) is 22.5. The molecule has 4 heteroatoms. The van der Waals surface area contributed by atoms with Crippen LogP contribution in [0.5, 0.6) is 0 Å². The Morgan fingerprint density at radius 2 is 1.95 bits per heavy atom. The second-order valence-corrected chi connectivity index (χ2v) is 6.50. The summed E-state index contributed by atoms with van der Waals surface area (Å²) >= 11 is 0. The lowest BCUT2D eigenvalue weighted by atomic mass is 10.1. The van der Waals surface area contributed by atoms with Crippen LogP contribution in [0.3, 0.4) is 0 Å². The van der Waals surface area contributed by atoms with E-state index in [2.05, 4.69) is 37.9 Å². The first-order chi connectivity index (χ1) is 10.1. The molecule has 1 aliphatic heterocycles. The van der Waals surface area contributed by atoms with Gasteiger partial charge in [0, 0.05) is 19.8 Å². The molecule has 2 unspecified atom stereocenters. The van der Waals surface area contributed by atoms with E-state index >= 15 is 0 Å². The van der Waals surface area contributed by atoms with Crippen LogP contribution in [0.25, 0.3) is 0 Å². The molecule has 0 bridgehead atoms. The number of unbranched alkanes of at least 4 members (excludes halogenated alkanes) is 1. The highest BCUT2D eigenvalue weighted by Gasteiger charge is 2.37. The van der Waals surface area contributed by atoms with Crippen molar-refractivity contribution in [3.63, 3.8) is 0 Å². The third-order valence-electron chi connectivity index (χ3n) is 3.93. The Morgan fingerprint density at radius 3 is 2.57 bits per heavy atom. The molecular formula is C17H34N2O2. The average Bonchev–Trinajstić information content (AvgIpc) is 2.72. The fourth-order valence-corrected chi connectivity index (χ4v) is 2.85. The molecule has 1 amide bonds. The van der Waals surface area contributed by atoms with Crippen LogP contribution in [0.15, 0.2) is 0 Å². The second kappa shape index (κ2) is 10.2. The van der Waals surface area contributed by atoms with E-state index in [0.717, 1.165) is 58.3 Å². The lowest BCUT2D eigenvalue weighted by molar-refractivity contribution is -0.130. The first-order valence-electron chi connectivity index (χ1n) is 8.74. The van der Waals surface area contributed by atoms with Crippen LogP contribution in [0.4, 0.5) is 0 Å². The zero-order valence-corrected chi connectivity index (χ0v) is 14.4. The fourth-order valence-electron chi connectivity index (χ4n) is 2.85. The lowest BCUT2D eigenvalue weighted by Gasteiger charge is -2.25. The van der Waals surface area contributed by atoms with Gasteiger partial charge in [-0.05, 0) is 31.6 Å². The van der Waals surface area contributed by atoms with E-state index in [9.17, 15) is 4.79 Å². The third kappa shape index (κ3) is 6.35. The summed E-state index contributed by atoms with van der Waals surface area (Å²) in [6, 6.07) is 0.0326. The number of ether oxygens (including phenoxy) is 1. The smallest absolute Gasteiger partial charge is 0.241 e. The quantitative estimate of drug-likeness (QED) is 0.596. The van der Waals surface area contributed by atoms with Gasteiger partial charge in [0.2, 0.25) is 5.91 Å². The zero-order chi connectivity index (χ0) is 15.7. The average molecular weight is 298 g/mol. The van der Waals surface area contributed by atoms with Gasteiger partial charge in [0.25, 0.3) is 0 Å². The van der Waals surface area contributed by atoms with Crippen LogP contribution in [-0.2, 0) is 9.53 Å². The van der Waals surface area contributed by atoms with E-state index in [0.29, 0.717) is 11.8 Å². The minimum atomic E-state index is 0.0326. The lowest BCUT2D eigenvalue weighted by Crippen LogP contribution is -2.39. The summed E-state index contributed by atoms with van der Waals surface area (Å²) in [4.78, 5) is 14.6. The highest BCUT2D eigenvalue weighted by atomic mass is 16.5. The van der Waals surface area contributed by atoms with Crippen LogP contribution in [0, 0.1) is 5.92 Å². The van der Waals surface area contributed by atoms with Crippen molar-refractivity contribution in [2.24, 2.45) is 5.92 Å². The van der Waals surface area contributed by atoms with E-state index in [1.165, 1.54) is 0 Å². The Hall–Kier alpha value is -0.610. The van der Waals surface area contributed by atoms with Crippen molar-refractivity contribution in [2.45, 2.75) is 78.4 Å². The molecule has 1 N–H and O–H groups in total. The van der Waals surface area contributed by atoms with Crippen LogP contribution in [-0.4, -0.2) is 42.8 Å². The summed E-state index contributed by atoms with van der Waals surface area (Å²) < 4.78 is 5.53. The molecule has 4 nitrogen and oxygen atoms in total. The summed E-state index contributed by atoms with van der Waals surface area (Å²) in [6.45, 7) is 11.1. The third-order valence-corrected chi connectivity index (χ3v) is 3.93. The van der Waals surface area contributed by atoms with Crippen LogP contribution >= 0.6 is 0 Å². The molecule has 2 atom stereocenters. The molecule has 1 rings (SSSR count). The van der Waals surface area contributed by atoms with Gasteiger partial charge in [-0.2, -0.15) is 0 Å². The molecule has 0 aromatic carbocycles. The molecule has 1 fully saturated rings. The topological polar surface area (TPSA) is 41.6 Å². The molecule has 0 spiro atoms. The Balaban J connectivity index is 2.47. The SMILES string of the molecule is CCCCC1NC(CC(C)C)N(CCCOCCC)C1=O. The first kappa shape index (κ1) is 18.4.